The molecule has 0 bridgehead atoms. The number of fused-ring (bicyclic) bond motifs is 1. The molecular formula is C25H30F2N10O2. The van der Waals surface area contributed by atoms with Crippen molar-refractivity contribution >= 4 is 17.5 Å². The number of alkyl halides is 1. The van der Waals surface area contributed by atoms with Gasteiger partial charge in [0.1, 0.15) is 42.2 Å². The second-order valence-electron chi connectivity index (χ2n) is 10.4. The fourth-order valence-corrected chi connectivity index (χ4v) is 5.60. The van der Waals surface area contributed by atoms with E-state index >= 15 is 4.39 Å². The minimum atomic E-state index is -0.803. The zero-order valence-electron chi connectivity index (χ0n) is 22.0. The normalized spacial score (nSPS) is 20.3. The molecule has 2 fully saturated rings. The molecule has 3 aromatic rings. The van der Waals surface area contributed by atoms with E-state index in [9.17, 15) is 14.4 Å². The molecule has 0 aliphatic carbocycles. The van der Waals surface area contributed by atoms with Gasteiger partial charge in [0.2, 0.25) is 5.95 Å². The molecule has 4 heterocycles. The van der Waals surface area contributed by atoms with Gasteiger partial charge in [-0.2, -0.15) is 19.6 Å². The highest BCUT2D eigenvalue weighted by atomic mass is 19.1. The van der Waals surface area contributed by atoms with Gasteiger partial charge in [-0.1, -0.05) is 0 Å². The van der Waals surface area contributed by atoms with Gasteiger partial charge >= 0.3 is 5.69 Å². The van der Waals surface area contributed by atoms with Gasteiger partial charge in [-0.25, -0.2) is 18.6 Å². The molecule has 5 rings (SSSR count). The number of rotatable bonds is 8. The van der Waals surface area contributed by atoms with Crippen LogP contribution in [0.3, 0.4) is 0 Å². The van der Waals surface area contributed by atoms with Crippen LogP contribution in [0.5, 0.6) is 5.75 Å². The Balaban J connectivity index is 1.44. The number of halogens is 2. The van der Waals surface area contributed by atoms with Crippen LogP contribution < -0.4 is 21.1 Å². The highest BCUT2D eigenvalue weighted by Gasteiger charge is 2.43. The van der Waals surface area contributed by atoms with Crippen molar-refractivity contribution in [1.29, 1.82) is 5.26 Å². The molecule has 14 heteroatoms. The Labute approximate surface area is 223 Å². The average molecular weight is 541 g/mol. The smallest absolute Gasteiger partial charge is 0.368 e. The highest BCUT2D eigenvalue weighted by Crippen LogP contribution is 2.39. The van der Waals surface area contributed by atoms with E-state index in [2.05, 4.69) is 55.8 Å². The number of anilines is 3. The van der Waals surface area contributed by atoms with Crippen LogP contribution in [0.15, 0.2) is 23.1 Å². The number of aryl methyl sites for hydroxylation is 1. The summed E-state index contributed by atoms with van der Waals surface area (Å²) in [7, 11) is 1.41. The Hall–Kier alpha value is -4.12. The van der Waals surface area contributed by atoms with Crippen molar-refractivity contribution in [3.05, 3.63) is 40.2 Å². The summed E-state index contributed by atoms with van der Waals surface area (Å²) in [5.74, 6) is -0.427. The van der Waals surface area contributed by atoms with Crippen LogP contribution in [0, 0.1) is 17.1 Å². The molecule has 0 saturated carbocycles. The summed E-state index contributed by atoms with van der Waals surface area (Å²) in [4.78, 5) is 23.7. The molecule has 0 amide bonds. The monoisotopic (exact) mass is 540 g/mol. The van der Waals surface area contributed by atoms with Crippen LogP contribution in [-0.2, 0) is 7.05 Å². The molecule has 206 valence electrons. The molecule has 2 saturated heterocycles. The largest absolute Gasteiger partial charge is 0.488 e. The summed E-state index contributed by atoms with van der Waals surface area (Å²) >= 11 is 0. The number of nitrogens with zero attached hydrogens (tertiary/aromatic N) is 8. The van der Waals surface area contributed by atoms with Crippen LogP contribution in [-0.4, -0.2) is 72.1 Å². The molecule has 39 heavy (non-hydrogen) atoms. The van der Waals surface area contributed by atoms with E-state index in [0.717, 1.165) is 41.2 Å². The summed E-state index contributed by atoms with van der Waals surface area (Å²) in [6, 6.07) is 5.01. The number of nitriles is 1. The number of aromatic nitrogens is 6. The van der Waals surface area contributed by atoms with Crippen molar-refractivity contribution in [2.75, 3.05) is 30.5 Å². The topological polar surface area (TPSA) is 139 Å². The Bertz CT molecular complexity index is 1460. The van der Waals surface area contributed by atoms with Crippen molar-refractivity contribution in [1.82, 2.24) is 34.7 Å². The lowest BCUT2D eigenvalue weighted by Gasteiger charge is -2.47. The van der Waals surface area contributed by atoms with E-state index in [1.165, 1.54) is 25.7 Å². The van der Waals surface area contributed by atoms with E-state index in [0.29, 0.717) is 11.9 Å². The predicted molar refractivity (Wildman–Crippen MR) is 139 cm³/mol. The molecule has 2 aliphatic heterocycles. The Morgan fingerprint density at radius 1 is 1.31 bits per heavy atom. The van der Waals surface area contributed by atoms with E-state index in [4.69, 9.17) is 4.74 Å². The first kappa shape index (κ1) is 26.5. The van der Waals surface area contributed by atoms with Crippen LogP contribution in [0.1, 0.15) is 45.1 Å². The molecule has 0 spiro atoms. The van der Waals surface area contributed by atoms with E-state index in [-0.39, 0.29) is 46.8 Å². The van der Waals surface area contributed by atoms with Crippen molar-refractivity contribution in [2.24, 2.45) is 7.05 Å². The third-order valence-corrected chi connectivity index (χ3v) is 7.29. The third kappa shape index (κ3) is 5.26. The molecule has 2 N–H and O–H groups in total. The standard InChI is InChI=1S/C25H30F2N10O2/c1-25(2)12-16(9-17-5-4-7-36(17)25)30-22-15(13-28)14-29-23(32-22)31-19-11-20(37-24(38)35(3)33-34-37)21(10-18(19)27)39-8-6-26/h10-11,14,16-17H,4-9,12H2,1-3H3,(H2,29,30,31,32). The Morgan fingerprint density at radius 2 is 2.13 bits per heavy atom. The quantitative estimate of drug-likeness (QED) is 0.438. The third-order valence-electron chi connectivity index (χ3n) is 7.29. The number of hydrogen-bond acceptors (Lipinski definition) is 10. The lowest BCUT2D eigenvalue weighted by atomic mass is 9.84. The first-order chi connectivity index (χ1) is 18.7. The average Bonchev–Trinajstić information content (AvgIpc) is 3.51. The zero-order chi connectivity index (χ0) is 27.7. The molecule has 2 atom stereocenters. The fraction of sp³-hybridized carbons (Fsp3) is 0.520. The Morgan fingerprint density at radius 3 is 2.85 bits per heavy atom. The minimum Gasteiger partial charge on any atom is -0.488 e. The first-order valence-electron chi connectivity index (χ1n) is 12.8. The van der Waals surface area contributed by atoms with E-state index in [1.807, 2.05) is 0 Å². The summed E-state index contributed by atoms with van der Waals surface area (Å²) in [5, 5.41) is 23.4. The summed E-state index contributed by atoms with van der Waals surface area (Å²) in [6.07, 6.45) is 5.51. The lowest BCUT2D eigenvalue weighted by molar-refractivity contribution is 0.0501. The number of hydrogen-bond donors (Lipinski definition) is 2. The number of tetrazole rings is 1. The van der Waals surface area contributed by atoms with Gasteiger partial charge in [-0.15, -0.1) is 0 Å². The van der Waals surface area contributed by atoms with Crippen molar-refractivity contribution in [3.8, 4) is 17.5 Å². The number of piperidine rings is 1. The molecular weight excluding hydrogens is 510 g/mol. The van der Waals surface area contributed by atoms with E-state index in [1.54, 1.807) is 0 Å². The molecule has 1 aromatic carbocycles. The van der Waals surface area contributed by atoms with Gasteiger partial charge in [-0.3, -0.25) is 4.90 Å². The molecule has 0 radical (unpaired) electrons. The van der Waals surface area contributed by atoms with Gasteiger partial charge in [-0.05, 0) is 62.6 Å². The molecule has 2 aliphatic rings. The molecule has 2 aromatic heterocycles. The van der Waals surface area contributed by atoms with Gasteiger partial charge in [0.15, 0.2) is 5.82 Å². The second-order valence-corrected chi connectivity index (χ2v) is 10.4. The maximum Gasteiger partial charge on any atom is 0.368 e. The van der Waals surface area contributed by atoms with Crippen molar-refractivity contribution in [2.45, 2.75) is 57.2 Å². The SMILES string of the molecule is Cn1nnn(-c2cc(Nc3ncc(C#N)c(NC4CC5CCCN5C(C)(C)C4)n3)c(F)cc2OCCF)c1=O. The number of nitrogens with one attached hydrogen (secondary N) is 2. The van der Waals surface area contributed by atoms with Crippen LogP contribution in [0.2, 0.25) is 0 Å². The van der Waals surface area contributed by atoms with Crippen LogP contribution in [0.25, 0.3) is 5.69 Å². The van der Waals surface area contributed by atoms with E-state index < -0.39 is 18.2 Å². The van der Waals surface area contributed by atoms with Crippen molar-refractivity contribution in [3.63, 3.8) is 0 Å². The van der Waals surface area contributed by atoms with Crippen LogP contribution in [0.4, 0.5) is 26.2 Å². The Kier molecular flexibility index (Phi) is 7.17. The molecule has 2 unspecified atom stereocenters. The maximum atomic E-state index is 15.1. The molecule has 12 nitrogen and oxygen atoms in total. The van der Waals surface area contributed by atoms with Gasteiger partial charge < -0.3 is 15.4 Å². The lowest BCUT2D eigenvalue weighted by Crippen LogP contribution is -2.55. The zero-order valence-corrected chi connectivity index (χ0v) is 22.0. The van der Waals surface area contributed by atoms with Gasteiger partial charge in [0, 0.05) is 30.7 Å². The predicted octanol–water partition coefficient (Wildman–Crippen LogP) is 2.68. The summed E-state index contributed by atoms with van der Waals surface area (Å²) in [5.41, 5.74) is -0.333. The summed E-state index contributed by atoms with van der Waals surface area (Å²) < 4.78 is 35.1. The minimum absolute atomic E-state index is 0.0158. The number of ether oxygens (including phenoxy) is 1. The van der Waals surface area contributed by atoms with Gasteiger partial charge in [0.05, 0.1) is 11.9 Å². The fourth-order valence-electron chi connectivity index (χ4n) is 5.60. The summed E-state index contributed by atoms with van der Waals surface area (Å²) in [6.45, 7) is 4.43. The van der Waals surface area contributed by atoms with Gasteiger partial charge in [0.25, 0.3) is 0 Å². The highest BCUT2D eigenvalue weighted by molar-refractivity contribution is 5.64. The van der Waals surface area contributed by atoms with Crippen molar-refractivity contribution < 1.29 is 13.5 Å². The maximum absolute atomic E-state index is 15.1. The first-order valence-corrected chi connectivity index (χ1v) is 12.8. The second kappa shape index (κ2) is 10.6. The number of benzene rings is 1. The van der Waals surface area contributed by atoms with Crippen LogP contribution >= 0.6 is 0 Å².